The van der Waals surface area contributed by atoms with Gasteiger partial charge in [0, 0.05) is 6.20 Å². The highest BCUT2D eigenvalue weighted by Crippen LogP contribution is 2.32. The quantitative estimate of drug-likeness (QED) is 0.938. The molecule has 0 aliphatic heterocycles. The summed E-state index contributed by atoms with van der Waals surface area (Å²) in [5, 5.41) is 8.99. The van der Waals surface area contributed by atoms with Crippen molar-refractivity contribution in [3.63, 3.8) is 0 Å². The van der Waals surface area contributed by atoms with Crippen molar-refractivity contribution in [1.82, 2.24) is 9.97 Å². The molecule has 1 aromatic carbocycles. The number of carboxylic acid groups (broad SMARTS) is 1. The molecule has 1 aliphatic carbocycles. The van der Waals surface area contributed by atoms with Crippen LogP contribution in [0.2, 0.25) is 0 Å². The predicted octanol–water partition coefficient (Wildman–Crippen LogP) is 2.94. The second kappa shape index (κ2) is 5.52. The van der Waals surface area contributed by atoms with Gasteiger partial charge in [-0.3, -0.25) is 0 Å². The van der Waals surface area contributed by atoms with Crippen LogP contribution in [0.15, 0.2) is 30.5 Å². The van der Waals surface area contributed by atoms with Crippen LogP contribution in [-0.2, 0) is 6.42 Å². The smallest absolute Gasteiger partial charge is 0.339 e. The van der Waals surface area contributed by atoms with E-state index in [2.05, 4.69) is 22.1 Å². The van der Waals surface area contributed by atoms with E-state index < -0.39 is 5.97 Å². The number of rotatable bonds is 3. The molecule has 1 heterocycles. The van der Waals surface area contributed by atoms with Crippen LogP contribution in [0.4, 0.5) is 0 Å². The number of hydrogen-bond donors (Lipinski definition) is 1. The number of aromatic carboxylic acids is 1. The standard InChI is InChI=1S/C16H16N2O3/c1-10-13(15(19)20)9-17-16(18-10)21-14-8-4-6-11-5-2-3-7-12(11)14/h2-3,5,7,9,14H,4,6,8H2,1H3,(H,19,20). The normalized spacial score (nSPS) is 17.1. The van der Waals surface area contributed by atoms with E-state index in [1.165, 1.54) is 17.3 Å². The lowest BCUT2D eigenvalue weighted by atomic mass is 9.89. The molecule has 0 saturated carbocycles. The van der Waals surface area contributed by atoms with Crippen LogP contribution in [0.1, 0.15) is 46.1 Å². The van der Waals surface area contributed by atoms with Gasteiger partial charge in [-0.25, -0.2) is 9.78 Å². The molecule has 1 aromatic heterocycles. The molecule has 1 N–H and O–H groups in total. The van der Waals surface area contributed by atoms with Crippen molar-refractivity contribution in [2.45, 2.75) is 32.3 Å². The Labute approximate surface area is 122 Å². The number of aromatic nitrogens is 2. The number of aryl methyl sites for hydroxylation is 2. The third-order valence-electron chi connectivity index (χ3n) is 3.75. The van der Waals surface area contributed by atoms with Gasteiger partial charge < -0.3 is 9.84 Å². The molecule has 5 heteroatoms. The SMILES string of the molecule is Cc1nc(OC2CCCc3ccccc32)ncc1C(=O)O. The van der Waals surface area contributed by atoms with Crippen molar-refractivity contribution < 1.29 is 14.6 Å². The summed E-state index contributed by atoms with van der Waals surface area (Å²) in [4.78, 5) is 19.1. The monoisotopic (exact) mass is 284 g/mol. The number of carboxylic acids is 1. The molecule has 0 bridgehead atoms. The number of ether oxygens (including phenoxy) is 1. The molecule has 5 nitrogen and oxygen atoms in total. The lowest BCUT2D eigenvalue weighted by Gasteiger charge is -2.25. The summed E-state index contributed by atoms with van der Waals surface area (Å²) in [6.45, 7) is 1.65. The third kappa shape index (κ3) is 2.72. The minimum absolute atomic E-state index is 0.0648. The predicted molar refractivity (Wildman–Crippen MR) is 76.5 cm³/mol. The molecule has 108 valence electrons. The Bertz CT molecular complexity index is 685. The molecule has 0 spiro atoms. The first-order valence-corrected chi connectivity index (χ1v) is 6.96. The Kier molecular flexibility index (Phi) is 3.56. The number of nitrogens with zero attached hydrogens (tertiary/aromatic N) is 2. The Balaban J connectivity index is 1.85. The summed E-state index contributed by atoms with van der Waals surface area (Å²) in [5.74, 6) is -1.03. The maximum Gasteiger partial charge on any atom is 0.339 e. The average Bonchev–Trinajstić information content (AvgIpc) is 2.47. The fraction of sp³-hybridized carbons (Fsp3) is 0.312. The second-order valence-corrected chi connectivity index (χ2v) is 5.15. The fourth-order valence-electron chi connectivity index (χ4n) is 2.67. The number of hydrogen-bond acceptors (Lipinski definition) is 4. The fourth-order valence-corrected chi connectivity index (χ4v) is 2.67. The summed E-state index contributed by atoms with van der Waals surface area (Å²) < 4.78 is 5.88. The molecule has 3 rings (SSSR count). The maximum absolute atomic E-state index is 11.0. The first-order chi connectivity index (χ1) is 10.1. The molecular formula is C16H16N2O3. The van der Waals surface area contributed by atoms with Gasteiger partial charge in [0.2, 0.25) is 0 Å². The molecule has 1 unspecified atom stereocenters. The van der Waals surface area contributed by atoms with Crippen LogP contribution in [-0.4, -0.2) is 21.0 Å². The molecule has 21 heavy (non-hydrogen) atoms. The van der Waals surface area contributed by atoms with Gasteiger partial charge >= 0.3 is 12.0 Å². The highest BCUT2D eigenvalue weighted by atomic mass is 16.5. The van der Waals surface area contributed by atoms with Gasteiger partial charge in [-0.05, 0) is 37.3 Å². The zero-order chi connectivity index (χ0) is 14.8. The number of carbonyl (C=O) groups is 1. The first kappa shape index (κ1) is 13.5. The third-order valence-corrected chi connectivity index (χ3v) is 3.75. The molecule has 0 saturated heterocycles. The van der Waals surface area contributed by atoms with E-state index in [4.69, 9.17) is 9.84 Å². The Morgan fingerprint density at radius 2 is 2.19 bits per heavy atom. The second-order valence-electron chi connectivity index (χ2n) is 5.15. The van der Waals surface area contributed by atoms with Crippen molar-refractivity contribution in [2.75, 3.05) is 0 Å². The van der Waals surface area contributed by atoms with E-state index in [0.717, 1.165) is 19.3 Å². The van der Waals surface area contributed by atoms with Crippen molar-refractivity contribution in [3.05, 3.63) is 52.8 Å². The van der Waals surface area contributed by atoms with E-state index in [0.29, 0.717) is 5.69 Å². The van der Waals surface area contributed by atoms with Crippen LogP contribution in [0.25, 0.3) is 0 Å². The van der Waals surface area contributed by atoms with Crippen LogP contribution < -0.4 is 4.74 Å². The molecule has 1 atom stereocenters. The molecule has 0 fully saturated rings. The Hall–Kier alpha value is -2.43. The Morgan fingerprint density at radius 3 is 2.95 bits per heavy atom. The van der Waals surface area contributed by atoms with E-state index in [1.54, 1.807) is 6.92 Å². The van der Waals surface area contributed by atoms with Crippen molar-refractivity contribution >= 4 is 5.97 Å². The van der Waals surface area contributed by atoms with Crippen LogP contribution in [0.5, 0.6) is 6.01 Å². The van der Waals surface area contributed by atoms with Crippen LogP contribution >= 0.6 is 0 Å². The molecule has 2 aromatic rings. The minimum Gasteiger partial charge on any atom is -0.478 e. The van der Waals surface area contributed by atoms with Gasteiger partial charge in [0.15, 0.2) is 0 Å². The van der Waals surface area contributed by atoms with E-state index >= 15 is 0 Å². The van der Waals surface area contributed by atoms with Gasteiger partial charge in [0.25, 0.3) is 0 Å². The molecular weight excluding hydrogens is 268 g/mol. The summed E-state index contributed by atoms with van der Waals surface area (Å²) in [6.07, 6.45) is 4.28. The average molecular weight is 284 g/mol. The maximum atomic E-state index is 11.0. The molecule has 0 radical (unpaired) electrons. The highest BCUT2D eigenvalue weighted by Gasteiger charge is 2.22. The van der Waals surface area contributed by atoms with E-state index in [-0.39, 0.29) is 17.7 Å². The number of benzene rings is 1. The lowest BCUT2D eigenvalue weighted by molar-refractivity contribution is 0.0694. The van der Waals surface area contributed by atoms with Crippen molar-refractivity contribution in [2.24, 2.45) is 0 Å². The van der Waals surface area contributed by atoms with Crippen molar-refractivity contribution in [3.8, 4) is 6.01 Å². The van der Waals surface area contributed by atoms with Gasteiger partial charge in [-0.2, -0.15) is 4.98 Å². The van der Waals surface area contributed by atoms with Gasteiger partial charge in [-0.1, -0.05) is 24.3 Å². The summed E-state index contributed by atoms with van der Waals surface area (Å²) in [5.41, 5.74) is 2.99. The summed E-state index contributed by atoms with van der Waals surface area (Å²) >= 11 is 0. The van der Waals surface area contributed by atoms with Crippen molar-refractivity contribution in [1.29, 1.82) is 0 Å². The lowest BCUT2D eigenvalue weighted by Crippen LogP contribution is -2.16. The summed E-state index contributed by atoms with van der Waals surface area (Å²) in [6, 6.07) is 8.45. The zero-order valence-electron chi connectivity index (χ0n) is 11.7. The summed E-state index contributed by atoms with van der Waals surface area (Å²) in [7, 11) is 0. The van der Waals surface area contributed by atoms with Gasteiger partial charge in [0.05, 0.1) is 11.3 Å². The Morgan fingerprint density at radius 1 is 1.38 bits per heavy atom. The topological polar surface area (TPSA) is 72.3 Å². The highest BCUT2D eigenvalue weighted by molar-refractivity contribution is 5.88. The molecule has 0 amide bonds. The zero-order valence-corrected chi connectivity index (χ0v) is 11.7. The van der Waals surface area contributed by atoms with E-state index in [1.807, 2.05) is 12.1 Å². The van der Waals surface area contributed by atoms with Gasteiger partial charge in [-0.15, -0.1) is 0 Å². The van der Waals surface area contributed by atoms with Gasteiger partial charge in [0.1, 0.15) is 6.10 Å². The van der Waals surface area contributed by atoms with Crippen LogP contribution in [0.3, 0.4) is 0 Å². The minimum atomic E-state index is -1.03. The van der Waals surface area contributed by atoms with E-state index in [9.17, 15) is 4.79 Å². The molecule has 1 aliphatic rings. The largest absolute Gasteiger partial charge is 0.478 e. The number of fused-ring (bicyclic) bond motifs is 1. The van der Waals surface area contributed by atoms with Crippen LogP contribution in [0, 0.1) is 6.92 Å². The first-order valence-electron chi connectivity index (χ1n) is 6.96.